The van der Waals surface area contributed by atoms with E-state index in [-0.39, 0.29) is 11.8 Å². The summed E-state index contributed by atoms with van der Waals surface area (Å²) in [5, 5.41) is 9.94. The summed E-state index contributed by atoms with van der Waals surface area (Å²) in [5.74, 6) is 0.161. The summed E-state index contributed by atoms with van der Waals surface area (Å²) < 4.78 is 29.4. The Kier molecular flexibility index (Phi) is 4.77. The van der Waals surface area contributed by atoms with E-state index in [1.165, 1.54) is 15.6 Å². The van der Waals surface area contributed by atoms with Gasteiger partial charge in [0.05, 0.1) is 23.2 Å². The first-order chi connectivity index (χ1) is 14.4. The summed E-state index contributed by atoms with van der Waals surface area (Å²) in [6, 6.07) is 5.27. The monoisotopic (exact) mass is 445 g/mol. The molecule has 1 aliphatic heterocycles. The summed E-state index contributed by atoms with van der Waals surface area (Å²) in [5.41, 5.74) is 2.95. The number of sulfonamides is 1. The lowest BCUT2D eigenvalue weighted by Crippen LogP contribution is -2.33. The zero-order valence-corrected chi connectivity index (χ0v) is 18.5. The fraction of sp³-hybridized carbons (Fsp3) is 0.450. The van der Waals surface area contributed by atoms with Crippen LogP contribution in [0.3, 0.4) is 0 Å². The Morgan fingerprint density at radius 2 is 2.13 bits per heavy atom. The highest BCUT2D eigenvalue weighted by Crippen LogP contribution is 2.42. The first-order valence-electron chi connectivity index (χ1n) is 10.0. The van der Waals surface area contributed by atoms with Crippen molar-refractivity contribution in [2.75, 3.05) is 20.1 Å². The molecule has 30 heavy (non-hydrogen) atoms. The first kappa shape index (κ1) is 19.8. The third kappa shape index (κ3) is 3.18. The Hall–Kier alpha value is -2.14. The van der Waals surface area contributed by atoms with Crippen LogP contribution in [0, 0.1) is 0 Å². The van der Waals surface area contributed by atoms with Crippen LogP contribution in [0.25, 0.3) is 11.0 Å². The Balaban J connectivity index is 1.55. The maximum Gasteiger partial charge on any atom is 0.251 e. The summed E-state index contributed by atoms with van der Waals surface area (Å²) in [7, 11) is -0.0522. The molecule has 0 bridgehead atoms. The number of fused-ring (bicyclic) bond motifs is 1. The Morgan fingerprint density at radius 3 is 2.80 bits per heavy atom. The minimum Gasteiger partial charge on any atom is -0.592 e. The molecule has 3 aromatic heterocycles. The molecule has 1 saturated carbocycles. The maximum atomic E-state index is 12.9. The Morgan fingerprint density at radius 1 is 1.33 bits per heavy atom. The molecule has 0 spiro atoms. The van der Waals surface area contributed by atoms with Crippen molar-refractivity contribution in [3.63, 3.8) is 0 Å². The number of nitrogens with one attached hydrogen (secondary N) is 1. The second kappa shape index (κ2) is 7.23. The third-order valence-corrected chi connectivity index (χ3v) is 9.17. The number of thiophene rings is 1. The minimum atomic E-state index is -3.50. The average Bonchev–Trinajstić information content (AvgIpc) is 3.13. The zero-order valence-electron chi connectivity index (χ0n) is 16.8. The predicted molar refractivity (Wildman–Crippen MR) is 114 cm³/mol. The molecular formula is C20H23N5O3S2. The summed E-state index contributed by atoms with van der Waals surface area (Å²) >= 11 is 1.23. The van der Waals surface area contributed by atoms with Crippen LogP contribution in [0.1, 0.15) is 52.8 Å². The highest BCUT2D eigenvalue weighted by molar-refractivity contribution is 7.97. The molecule has 158 valence electrons. The van der Waals surface area contributed by atoms with Crippen LogP contribution >= 0.6 is 11.3 Å². The lowest BCUT2D eigenvalue weighted by atomic mass is 9.98. The second-order valence-electron chi connectivity index (χ2n) is 7.94. The van der Waals surface area contributed by atoms with Crippen LogP contribution in [0.15, 0.2) is 27.8 Å². The van der Waals surface area contributed by atoms with Gasteiger partial charge in [0, 0.05) is 44.2 Å². The van der Waals surface area contributed by atoms with Crippen molar-refractivity contribution < 1.29 is 13.6 Å². The molecule has 10 heteroatoms. The summed E-state index contributed by atoms with van der Waals surface area (Å²) in [6.45, 7) is 0.787. The normalized spacial score (nSPS) is 21.8. The molecule has 1 amide bonds. The van der Waals surface area contributed by atoms with Gasteiger partial charge in [0.2, 0.25) is 4.21 Å². The van der Waals surface area contributed by atoms with Crippen molar-refractivity contribution in [1.82, 2.24) is 24.4 Å². The standard InChI is InChI=1S/C20H23N5O3S2/c1-21-20(26)14-10-15(12-5-6-12)22-19-17(14)18(23-24(19)2)13-7-8-25(11-13)30(27,28)16-4-3-9-29-16/h3-4,9-10,12-13H,5-8,11H2,1-2H3,(H-,21,26,27,28). The lowest BCUT2D eigenvalue weighted by molar-refractivity contribution is 0.0964. The summed E-state index contributed by atoms with van der Waals surface area (Å²) in [4.78, 5) is 17.5. The Bertz CT molecular complexity index is 1170. The van der Waals surface area contributed by atoms with Gasteiger partial charge in [-0.15, -0.1) is 4.31 Å². The molecule has 4 heterocycles. The number of rotatable bonds is 5. The van der Waals surface area contributed by atoms with Gasteiger partial charge < -0.3 is 9.87 Å². The molecule has 1 saturated heterocycles. The number of aryl methyl sites for hydroxylation is 1. The fourth-order valence-electron chi connectivity index (χ4n) is 4.19. The molecule has 0 aromatic carbocycles. The molecule has 3 aromatic rings. The van der Waals surface area contributed by atoms with Crippen molar-refractivity contribution in [2.45, 2.75) is 35.3 Å². The molecule has 1 aliphatic carbocycles. The van der Waals surface area contributed by atoms with E-state index in [1.54, 1.807) is 29.2 Å². The number of nitrogens with zero attached hydrogens (tertiary/aromatic N) is 4. The van der Waals surface area contributed by atoms with Gasteiger partial charge in [-0.05, 0) is 36.8 Å². The van der Waals surface area contributed by atoms with Gasteiger partial charge in [0.25, 0.3) is 5.91 Å². The van der Waals surface area contributed by atoms with Crippen molar-refractivity contribution >= 4 is 38.7 Å². The topological polar surface area (TPSA) is 103 Å². The predicted octanol–water partition coefficient (Wildman–Crippen LogP) is 2.66. The molecule has 2 unspecified atom stereocenters. The smallest absolute Gasteiger partial charge is 0.251 e. The van der Waals surface area contributed by atoms with Gasteiger partial charge in [0.1, 0.15) is 0 Å². The number of carbonyl (C=O) groups excluding carboxylic acids is 1. The van der Waals surface area contributed by atoms with Crippen LogP contribution in [-0.4, -0.2) is 49.7 Å². The number of hydrogen-bond acceptors (Lipinski definition) is 6. The van der Waals surface area contributed by atoms with Crippen molar-refractivity contribution in [2.24, 2.45) is 7.05 Å². The molecule has 8 nitrogen and oxygen atoms in total. The van der Waals surface area contributed by atoms with Gasteiger partial charge in [-0.1, -0.05) is 15.5 Å². The van der Waals surface area contributed by atoms with Gasteiger partial charge >= 0.3 is 0 Å². The molecule has 0 radical (unpaired) electrons. The van der Waals surface area contributed by atoms with Crippen molar-refractivity contribution in [1.29, 1.82) is 0 Å². The van der Waals surface area contributed by atoms with E-state index >= 15 is 0 Å². The number of amides is 1. The maximum absolute atomic E-state index is 12.9. The van der Waals surface area contributed by atoms with Gasteiger partial charge in [-0.3, -0.25) is 9.48 Å². The van der Waals surface area contributed by atoms with Crippen molar-refractivity contribution in [3.05, 3.63) is 40.5 Å². The number of hydrogen-bond donors (Lipinski definition) is 1. The minimum absolute atomic E-state index is 0.0829. The van der Waals surface area contributed by atoms with E-state index in [2.05, 4.69) is 5.32 Å². The second-order valence-corrected chi connectivity index (χ2v) is 11.0. The third-order valence-electron chi connectivity index (χ3n) is 5.93. The van der Waals surface area contributed by atoms with Crippen LogP contribution in [0.2, 0.25) is 0 Å². The molecule has 5 rings (SSSR count). The van der Waals surface area contributed by atoms with Crippen molar-refractivity contribution in [3.8, 4) is 0 Å². The lowest BCUT2D eigenvalue weighted by Gasteiger charge is -2.21. The van der Waals surface area contributed by atoms with Crippen LogP contribution in [-0.2, 0) is 21.7 Å². The molecule has 2 fully saturated rings. The number of aromatic nitrogens is 3. The van der Waals surface area contributed by atoms with E-state index in [0.29, 0.717) is 40.8 Å². The molecule has 1 N–H and O–H groups in total. The van der Waals surface area contributed by atoms with Gasteiger partial charge in [-0.2, -0.15) is 5.10 Å². The molecular weight excluding hydrogens is 422 g/mol. The highest BCUT2D eigenvalue weighted by Gasteiger charge is 2.40. The van der Waals surface area contributed by atoms with Gasteiger partial charge in [0.15, 0.2) is 16.0 Å². The summed E-state index contributed by atoms with van der Waals surface area (Å²) in [6.07, 6.45) is 2.84. The molecule has 2 aliphatic rings. The quantitative estimate of drug-likeness (QED) is 0.608. The number of carbonyl (C=O) groups is 1. The van der Waals surface area contributed by atoms with E-state index in [4.69, 9.17) is 10.1 Å². The average molecular weight is 446 g/mol. The first-order valence-corrected chi connectivity index (χ1v) is 12.4. The largest absolute Gasteiger partial charge is 0.592 e. The van der Waals surface area contributed by atoms with Crippen LogP contribution in [0.4, 0.5) is 0 Å². The van der Waals surface area contributed by atoms with E-state index < -0.39 is 10.4 Å². The SMILES string of the molecule is CNC(=O)c1cc(C2CC2)nc2c1c(C1CCN([S+](=O)([O-])c3cccs3)C1)nn2C. The zero-order chi connectivity index (χ0) is 21.0. The highest BCUT2D eigenvalue weighted by atomic mass is 32.3. The Labute approximate surface area is 179 Å². The van der Waals surface area contributed by atoms with Gasteiger partial charge in [-0.25, -0.2) is 4.98 Å². The number of pyridine rings is 1. The fourth-order valence-corrected chi connectivity index (χ4v) is 6.84. The van der Waals surface area contributed by atoms with E-state index in [9.17, 15) is 13.6 Å². The van der Waals surface area contributed by atoms with Crippen LogP contribution < -0.4 is 5.32 Å². The van der Waals surface area contributed by atoms with E-state index in [1.807, 2.05) is 13.1 Å². The van der Waals surface area contributed by atoms with E-state index in [0.717, 1.165) is 29.6 Å². The van der Waals surface area contributed by atoms with Crippen LogP contribution in [0.5, 0.6) is 0 Å². The molecule has 2 atom stereocenters.